The lowest BCUT2D eigenvalue weighted by Crippen LogP contribution is -2.38. The summed E-state index contributed by atoms with van der Waals surface area (Å²) in [7, 11) is 0. The minimum atomic E-state index is -0.292. The molecule has 4 heteroatoms. The molecule has 0 N–H and O–H groups in total. The number of hydrogen-bond donors (Lipinski definition) is 0. The molecule has 1 aliphatic heterocycles. The van der Waals surface area contributed by atoms with Crippen molar-refractivity contribution in [1.82, 2.24) is 4.98 Å². The lowest BCUT2D eigenvalue weighted by molar-refractivity contribution is 0.0634. The van der Waals surface area contributed by atoms with E-state index < -0.39 is 0 Å². The Morgan fingerprint density at radius 1 is 1.15 bits per heavy atom. The van der Waals surface area contributed by atoms with Crippen molar-refractivity contribution >= 4 is 16.8 Å². The molecule has 3 aromatic rings. The minimum Gasteiger partial charge on any atom is -0.471 e. The van der Waals surface area contributed by atoms with Crippen molar-refractivity contribution in [3.8, 4) is 6.07 Å². The molecule has 0 saturated heterocycles. The van der Waals surface area contributed by atoms with E-state index in [2.05, 4.69) is 49.2 Å². The number of ether oxygens (including phenoxy) is 1. The van der Waals surface area contributed by atoms with Crippen LogP contribution in [0.1, 0.15) is 37.0 Å². The number of rotatable bonds is 3. The van der Waals surface area contributed by atoms with Crippen LogP contribution in [0.15, 0.2) is 65.8 Å². The van der Waals surface area contributed by atoms with Crippen LogP contribution < -0.4 is 0 Å². The van der Waals surface area contributed by atoms with Gasteiger partial charge in [0.05, 0.1) is 22.7 Å². The Bertz CT molecular complexity index is 1050. The summed E-state index contributed by atoms with van der Waals surface area (Å²) in [6.07, 6.45) is 3.50. The Morgan fingerprint density at radius 2 is 1.96 bits per heavy atom. The fourth-order valence-corrected chi connectivity index (χ4v) is 3.61. The first kappa shape index (κ1) is 17.2. The van der Waals surface area contributed by atoms with Crippen LogP contribution >= 0.6 is 0 Å². The maximum Gasteiger partial charge on any atom is 0.218 e. The van der Waals surface area contributed by atoms with Crippen molar-refractivity contribution in [2.45, 2.75) is 38.3 Å². The molecule has 134 valence electrons. The summed E-state index contributed by atoms with van der Waals surface area (Å²) < 4.78 is 6.18. The molecular formula is C23H21N3O. The maximum atomic E-state index is 9.26. The van der Waals surface area contributed by atoms with Crippen LogP contribution in [-0.4, -0.2) is 22.5 Å². The fraction of sp³-hybridized carbons (Fsp3) is 0.261. The van der Waals surface area contributed by atoms with E-state index >= 15 is 0 Å². The molecule has 1 aliphatic rings. The summed E-state index contributed by atoms with van der Waals surface area (Å²) in [5.74, 6) is 0.629. The molecule has 0 spiro atoms. The molecule has 1 unspecified atom stereocenters. The fourth-order valence-electron chi connectivity index (χ4n) is 3.61. The lowest BCUT2D eigenvalue weighted by atomic mass is 9.93. The molecule has 4 rings (SSSR count). The van der Waals surface area contributed by atoms with Crippen LogP contribution in [0.25, 0.3) is 10.9 Å². The molecule has 0 radical (unpaired) electrons. The number of benzene rings is 2. The van der Waals surface area contributed by atoms with Gasteiger partial charge in [0.25, 0.3) is 0 Å². The largest absolute Gasteiger partial charge is 0.471 e. The molecular weight excluding hydrogens is 334 g/mol. The van der Waals surface area contributed by atoms with E-state index in [0.29, 0.717) is 17.0 Å². The highest BCUT2D eigenvalue weighted by molar-refractivity contribution is 5.98. The van der Waals surface area contributed by atoms with Crippen LogP contribution in [-0.2, 0) is 11.2 Å². The van der Waals surface area contributed by atoms with Gasteiger partial charge in [-0.25, -0.2) is 4.99 Å². The minimum absolute atomic E-state index is 0.160. The van der Waals surface area contributed by atoms with Crippen molar-refractivity contribution in [2.75, 3.05) is 0 Å². The van der Waals surface area contributed by atoms with Gasteiger partial charge in [0.2, 0.25) is 5.90 Å². The highest BCUT2D eigenvalue weighted by Crippen LogP contribution is 2.29. The van der Waals surface area contributed by atoms with Gasteiger partial charge in [-0.15, -0.1) is 0 Å². The van der Waals surface area contributed by atoms with E-state index in [4.69, 9.17) is 9.73 Å². The van der Waals surface area contributed by atoms with Crippen LogP contribution in [0.3, 0.4) is 0 Å². The summed E-state index contributed by atoms with van der Waals surface area (Å²) in [4.78, 5) is 9.38. The highest BCUT2D eigenvalue weighted by atomic mass is 16.5. The van der Waals surface area contributed by atoms with Gasteiger partial charge < -0.3 is 4.74 Å². The average molecular weight is 355 g/mol. The van der Waals surface area contributed by atoms with Gasteiger partial charge >= 0.3 is 0 Å². The Labute approximate surface area is 159 Å². The third-order valence-corrected chi connectivity index (χ3v) is 4.79. The second-order valence-corrected chi connectivity index (χ2v) is 7.56. The molecule has 2 aromatic carbocycles. The third-order valence-electron chi connectivity index (χ3n) is 4.79. The Kier molecular flexibility index (Phi) is 4.37. The summed E-state index contributed by atoms with van der Waals surface area (Å²) in [6.45, 7) is 4.20. The van der Waals surface area contributed by atoms with Crippen molar-refractivity contribution in [3.05, 3.63) is 77.5 Å². The predicted octanol–water partition coefficient (Wildman–Crippen LogP) is 4.66. The van der Waals surface area contributed by atoms with Gasteiger partial charge in [0.15, 0.2) is 0 Å². The molecule has 0 bridgehead atoms. The Balaban J connectivity index is 1.70. The molecule has 27 heavy (non-hydrogen) atoms. The Hall–Kier alpha value is -3.19. The van der Waals surface area contributed by atoms with Crippen molar-refractivity contribution in [2.24, 2.45) is 4.99 Å². The van der Waals surface area contributed by atoms with E-state index in [1.54, 1.807) is 12.3 Å². The van der Waals surface area contributed by atoms with Gasteiger partial charge in [0.1, 0.15) is 11.7 Å². The van der Waals surface area contributed by atoms with Crippen LogP contribution in [0.4, 0.5) is 0 Å². The van der Waals surface area contributed by atoms with Crippen molar-refractivity contribution in [1.29, 1.82) is 5.26 Å². The summed E-state index contributed by atoms with van der Waals surface area (Å²) >= 11 is 0. The number of hydrogen-bond acceptors (Lipinski definition) is 4. The number of fused-ring (bicyclic) bond motifs is 1. The second kappa shape index (κ2) is 6.85. The van der Waals surface area contributed by atoms with Gasteiger partial charge in [-0.2, -0.15) is 5.26 Å². The average Bonchev–Trinajstić information content (AvgIpc) is 2.66. The number of para-hydroxylation sites is 1. The standard InChI is InChI=1S/C23H21N3O/c1-23(2)13-20(11-16-7-4-3-5-8-16)26-22(27-23)19-12-17-9-6-10-18(14-24)21(17)25-15-19/h3-10,12,15,20H,11,13H2,1-2H3. The molecule has 0 amide bonds. The molecule has 0 fully saturated rings. The number of pyridine rings is 1. The van der Waals surface area contributed by atoms with Gasteiger partial charge in [-0.05, 0) is 38.0 Å². The first-order valence-electron chi connectivity index (χ1n) is 9.14. The van der Waals surface area contributed by atoms with E-state index in [1.807, 2.05) is 24.3 Å². The first-order chi connectivity index (χ1) is 13.0. The monoisotopic (exact) mass is 355 g/mol. The van der Waals surface area contributed by atoms with Gasteiger partial charge in [0, 0.05) is 18.0 Å². The zero-order valence-electron chi connectivity index (χ0n) is 15.5. The number of nitrogens with zero attached hydrogens (tertiary/aromatic N) is 3. The highest BCUT2D eigenvalue weighted by Gasteiger charge is 2.32. The van der Waals surface area contributed by atoms with Crippen LogP contribution in [0.5, 0.6) is 0 Å². The second-order valence-electron chi connectivity index (χ2n) is 7.56. The normalized spacial score (nSPS) is 18.4. The van der Waals surface area contributed by atoms with Crippen LogP contribution in [0.2, 0.25) is 0 Å². The first-order valence-corrected chi connectivity index (χ1v) is 9.14. The Morgan fingerprint density at radius 3 is 2.74 bits per heavy atom. The number of nitriles is 1. The molecule has 0 saturated carbocycles. The number of aliphatic imine (C=N–C) groups is 1. The van der Waals surface area contributed by atoms with Crippen LogP contribution in [0, 0.1) is 11.3 Å². The quantitative estimate of drug-likeness (QED) is 0.686. The zero-order chi connectivity index (χ0) is 18.9. The molecule has 1 atom stereocenters. The molecule has 2 heterocycles. The zero-order valence-corrected chi connectivity index (χ0v) is 15.5. The number of aromatic nitrogens is 1. The van der Waals surface area contributed by atoms with E-state index in [1.165, 1.54) is 5.56 Å². The summed E-state index contributed by atoms with van der Waals surface area (Å²) in [6, 6.07) is 20.4. The summed E-state index contributed by atoms with van der Waals surface area (Å²) in [5.41, 5.74) is 3.12. The molecule has 4 nitrogen and oxygen atoms in total. The summed E-state index contributed by atoms with van der Waals surface area (Å²) in [5, 5.41) is 10.2. The molecule has 1 aromatic heterocycles. The SMILES string of the molecule is CC1(C)CC(Cc2ccccc2)N=C(c2cnc3c(C#N)cccc3c2)O1. The molecule has 0 aliphatic carbocycles. The van der Waals surface area contributed by atoms with E-state index in [9.17, 15) is 5.26 Å². The smallest absolute Gasteiger partial charge is 0.218 e. The van der Waals surface area contributed by atoms with E-state index in [-0.39, 0.29) is 11.6 Å². The van der Waals surface area contributed by atoms with Gasteiger partial charge in [-0.3, -0.25) is 4.98 Å². The topological polar surface area (TPSA) is 58.3 Å². The third kappa shape index (κ3) is 3.68. The maximum absolute atomic E-state index is 9.26. The van der Waals surface area contributed by atoms with Crippen molar-refractivity contribution < 1.29 is 4.74 Å². The lowest BCUT2D eigenvalue weighted by Gasteiger charge is -2.34. The van der Waals surface area contributed by atoms with Gasteiger partial charge in [-0.1, -0.05) is 42.5 Å². The predicted molar refractivity (Wildman–Crippen MR) is 107 cm³/mol. The van der Waals surface area contributed by atoms with E-state index in [0.717, 1.165) is 23.8 Å². The van der Waals surface area contributed by atoms with Crippen molar-refractivity contribution in [3.63, 3.8) is 0 Å².